The van der Waals surface area contributed by atoms with Crippen LogP contribution in [0.5, 0.6) is 0 Å². The van der Waals surface area contributed by atoms with Crippen molar-refractivity contribution in [3.8, 4) is 0 Å². The average molecular weight is 332 g/mol. The molecule has 1 aliphatic rings. The number of benzene rings is 1. The van der Waals surface area contributed by atoms with E-state index in [4.69, 9.17) is 11.6 Å². The van der Waals surface area contributed by atoms with Crippen LogP contribution in [-0.2, 0) is 6.42 Å². The smallest absolute Gasteiger partial charge is 0.0609 e. The first kappa shape index (κ1) is 14.4. The Bertz CT molecular complexity index is 386. The van der Waals surface area contributed by atoms with Crippen molar-refractivity contribution in [2.45, 2.75) is 51.0 Å². The topological polar surface area (TPSA) is 20.2 Å². The molecule has 0 saturated heterocycles. The van der Waals surface area contributed by atoms with E-state index in [-0.39, 0.29) is 6.10 Å². The largest absolute Gasteiger partial charge is 0.392 e. The van der Waals surface area contributed by atoms with Gasteiger partial charge in [-0.1, -0.05) is 59.3 Å². The summed E-state index contributed by atoms with van der Waals surface area (Å²) in [4.78, 5) is 0. The van der Waals surface area contributed by atoms with Crippen LogP contribution in [-0.4, -0.2) is 11.2 Å². The molecule has 1 atom stereocenters. The van der Waals surface area contributed by atoms with Gasteiger partial charge in [-0.3, -0.25) is 0 Å². The van der Waals surface area contributed by atoms with Gasteiger partial charge in [-0.2, -0.15) is 0 Å². The van der Waals surface area contributed by atoms with Gasteiger partial charge in [0.05, 0.1) is 6.10 Å². The zero-order valence-corrected chi connectivity index (χ0v) is 12.9. The van der Waals surface area contributed by atoms with E-state index in [0.717, 1.165) is 27.9 Å². The highest BCUT2D eigenvalue weighted by atomic mass is 79.9. The third kappa shape index (κ3) is 3.97. The molecular weight excluding hydrogens is 312 g/mol. The quantitative estimate of drug-likeness (QED) is 0.775. The summed E-state index contributed by atoms with van der Waals surface area (Å²) >= 11 is 9.61. The summed E-state index contributed by atoms with van der Waals surface area (Å²) in [5.74, 6) is 0.451. The van der Waals surface area contributed by atoms with Crippen molar-refractivity contribution in [2.24, 2.45) is 5.92 Å². The fourth-order valence-electron chi connectivity index (χ4n) is 2.77. The summed E-state index contributed by atoms with van der Waals surface area (Å²) in [5.41, 5.74) is 1.05. The zero-order chi connectivity index (χ0) is 13.0. The van der Waals surface area contributed by atoms with Crippen molar-refractivity contribution in [3.63, 3.8) is 0 Å². The molecule has 100 valence electrons. The van der Waals surface area contributed by atoms with Gasteiger partial charge in [-0.05, 0) is 36.5 Å². The monoisotopic (exact) mass is 330 g/mol. The van der Waals surface area contributed by atoms with E-state index in [0.29, 0.717) is 12.3 Å². The maximum atomic E-state index is 10.4. The maximum absolute atomic E-state index is 10.4. The zero-order valence-electron chi connectivity index (χ0n) is 10.5. The van der Waals surface area contributed by atoms with Gasteiger partial charge in [0, 0.05) is 15.9 Å². The summed E-state index contributed by atoms with van der Waals surface area (Å²) in [5, 5.41) is 11.1. The van der Waals surface area contributed by atoms with E-state index >= 15 is 0 Å². The Morgan fingerprint density at radius 1 is 1.22 bits per heavy atom. The molecule has 18 heavy (non-hydrogen) atoms. The molecule has 1 aromatic rings. The second-order valence-corrected chi connectivity index (χ2v) is 6.58. The van der Waals surface area contributed by atoms with Crippen LogP contribution in [0.4, 0.5) is 0 Å². The SMILES string of the molecule is OC(Cc1ccc(Br)cc1Cl)C1CCCCCC1. The molecule has 1 aliphatic carbocycles. The summed E-state index contributed by atoms with van der Waals surface area (Å²) < 4.78 is 0.986. The normalized spacial score (nSPS) is 19.5. The van der Waals surface area contributed by atoms with Gasteiger partial charge in [0.15, 0.2) is 0 Å². The van der Waals surface area contributed by atoms with Gasteiger partial charge in [-0.15, -0.1) is 0 Å². The third-order valence-electron chi connectivity index (χ3n) is 3.89. The molecule has 1 N–H and O–H groups in total. The Balaban J connectivity index is 1.98. The average Bonchev–Trinajstić information content (AvgIpc) is 2.61. The van der Waals surface area contributed by atoms with Gasteiger partial charge >= 0.3 is 0 Å². The molecule has 0 amide bonds. The Kier molecular flexibility index (Phi) is 5.53. The lowest BCUT2D eigenvalue weighted by atomic mass is 9.90. The van der Waals surface area contributed by atoms with Crippen LogP contribution >= 0.6 is 27.5 Å². The lowest BCUT2D eigenvalue weighted by Crippen LogP contribution is -2.22. The van der Waals surface area contributed by atoms with E-state index in [2.05, 4.69) is 15.9 Å². The number of rotatable bonds is 3. The van der Waals surface area contributed by atoms with Gasteiger partial charge < -0.3 is 5.11 Å². The molecule has 0 heterocycles. The second-order valence-electron chi connectivity index (χ2n) is 5.26. The highest BCUT2D eigenvalue weighted by Crippen LogP contribution is 2.29. The van der Waals surface area contributed by atoms with Gasteiger partial charge in [-0.25, -0.2) is 0 Å². The molecule has 1 nitrogen and oxygen atoms in total. The molecule has 1 aromatic carbocycles. The first-order valence-corrected chi connectivity index (χ1v) is 7.96. The lowest BCUT2D eigenvalue weighted by Gasteiger charge is -2.21. The minimum Gasteiger partial charge on any atom is -0.392 e. The fourth-order valence-corrected chi connectivity index (χ4v) is 3.53. The number of aliphatic hydroxyl groups is 1. The number of halogens is 2. The van der Waals surface area contributed by atoms with Crippen LogP contribution < -0.4 is 0 Å². The molecule has 0 bridgehead atoms. The molecule has 0 radical (unpaired) electrons. The van der Waals surface area contributed by atoms with Crippen LogP contribution in [0.1, 0.15) is 44.1 Å². The first-order chi connectivity index (χ1) is 8.66. The summed E-state index contributed by atoms with van der Waals surface area (Å²) in [6, 6.07) is 5.89. The van der Waals surface area contributed by atoms with Gasteiger partial charge in [0.2, 0.25) is 0 Å². The maximum Gasteiger partial charge on any atom is 0.0609 e. The Labute approximate surface area is 123 Å². The fraction of sp³-hybridized carbons (Fsp3) is 0.600. The highest BCUT2D eigenvalue weighted by Gasteiger charge is 2.21. The van der Waals surface area contributed by atoms with Crippen molar-refractivity contribution >= 4 is 27.5 Å². The van der Waals surface area contributed by atoms with E-state index in [1.165, 1.54) is 25.7 Å². The van der Waals surface area contributed by atoms with Crippen molar-refractivity contribution in [3.05, 3.63) is 33.3 Å². The highest BCUT2D eigenvalue weighted by molar-refractivity contribution is 9.10. The van der Waals surface area contributed by atoms with Crippen LogP contribution in [0.2, 0.25) is 5.02 Å². The van der Waals surface area contributed by atoms with Crippen LogP contribution in [0, 0.1) is 5.92 Å². The standard InChI is InChI=1S/C15H20BrClO/c16-13-8-7-12(14(17)10-13)9-15(18)11-5-3-1-2-4-6-11/h7-8,10-11,15,18H,1-6,9H2. The molecule has 1 unspecified atom stereocenters. The molecule has 1 saturated carbocycles. The lowest BCUT2D eigenvalue weighted by molar-refractivity contribution is 0.0986. The van der Waals surface area contributed by atoms with Gasteiger partial charge in [0.1, 0.15) is 0 Å². The van der Waals surface area contributed by atoms with E-state index in [9.17, 15) is 5.11 Å². The molecule has 0 aromatic heterocycles. The predicted molar refractivity (Wildman–Crippen MR) is 80.1 cm³/mol. The molecular formula is C15H20BrClO. The van der Waals surface area contributed by atoms with Crippen molar-refractivity contribution in [1.29, 1.82) is 0 Å². The van der Waals surface area contributed by atoms with E-state index in [1.54, 1.807) is 0 Å². The van der Waals surface area contributed by atoms with Gasteiger partial charge in [0.25, 0.3) is 0 Å². The van der Waals surface area contributed by atoms with Crippen LogP contribution in [0.25, 0.3) is 0 Å². The third-order valence-corrected chi connectivity index (χ3v) is 4.73. The van der Waals surface area contributed by atoms with Crippen LogP contribution in [0.15, 0.2) is 22.7 Å². The van der Waals surface area contributed by atoms with Crippen molar-refractivity contribution < 1.29 is 5.11 Å². The van der Waals surface area contributed by atoms with Crippen LogP contribution in [0.3, 0.4) is 0 Å². The molecule has 0 aliphatic heterocycles. The Morgan fingerprint density at radius 3 is 2.50 bits per heavy atom. The Hall–Kier alpha value is -0.0500. The summed E-state index contributed by atoms with van der Waals surface area (Å²) in [7, 11) is 0. The number of aliphatic hydroxyl groups excluding tert-OH is 1. The number of hydrogen-bond acceptors (Lipinski definition) is 1. The van der Waals surface area contributed by atoms with Crippen molar-refractivity contribution in [2.75, 3.05) is 0 Å². The molecule has 1 fully saturated rings. The molecule has 0 spiro atoms. The second kappa shape index (κ2) is 6.93. The van der Waals surface area contributed by atoms with E-state index < -0.39 is 0 Å². The van der Waals surface area contributed by atoms with Crippen molar-refractivity contribution in [1.82, 2.24) is 0 Å². The summed E-state index contributed by atoms with van der Waals surface area (Å²) in [6.07, 6.45) is 7.92. The Morgan fingerprint density at radius 2 is 1.89 bits per heavy atom. The number of hydrogen-bond donors (Lipinski definition) is 1. The minimum absolute atomic E-state index is 0.248. The van der Waals surface area contributed by atoms with E-state index in [1.807, 2.05) is 18.2 Å². The molecule has 2 rings (SSSR count). The minimum atomic E-state index is -0.248. The summed E-state index contributed by atoms with van der Waals surface area (Å²) in [6.45, 7) is 0. The molecule has 3 heteroatoms. The predicted octanol–water partition coefficient (Wildman–Crippen LogP) is 4.98. The first-order valence-electron chi connectivity index (χ1n) is 6.79.